The van der Waals surface area contributed by atoms with Crippen molar-refractivity contribution >= 4 is 12.6 Å². The van der Waals surface area contributed by atoms with E-state index in [1.807, 2.05) is 37.3 Å². The number of hydrogen-bond donors (Lipinski definition) is 1. The summed E-state index contributed by atoms with van der Waals surface area (Å²) in [5, 5.41) is 0.287. The summed E-state index contributed by atoms with van der Waals surface area (Å²) in [7, 11) is 0. The average molecular weight is 168 g/mol. The number of ether oxygens (including phenoxy) is 1. The van der Waals surface area contributed by atoms with Crippen molar-refractivity contribution in [3.05, 3.63) is 30.3 Å². The third-order valence-corrected chi connectivity index (χ3v) is 1.38. The molecule has 2 heteroatoms. The lowest BCUT2D eigenvalue weighted by molar-refractivity contribution is 0.323. The lowest BCUT2D eigenvalue weighted by atomic mass is 10.3. The van der Waals surface area contributed by atoms with Crippen molar-refractivity contribution in [1.29, 1.82) is 0 Å². The van der Waals surface area contributed by atoms with Crippen LogP contribution in [0.2, 0.25) is 0 Å². The van der Waals surface area contributed by atoms with Gasteiger partial charge in [-0.25, -0.2) is 0 Å². The molecular weight excluding hydrogens is 156 g/mol. The summed E-state index contributed by atoms with van der Waals surface area (Å²) in [6.07, 6.45) is 0. The van der Waals surface area contributed by atoms with Crippen molar-refractivity contribution in [3.8, 4) is 5.75 Å². The molecule has 0 amide bonds. The van der Waals surface area contributed by atoms with Crippen LogP contribution >= 0.6 is 12.6 Å². The first-order valence-electron chi connectivity index (χ1n) is 3.65. The SMILES string of the molecule is CC(S)COc1ccccc1. The lowest BCUT2D eigenvalue weighted by Gasteiger charge is -2.06. The Morgan fingerprint density at radius 3 is 2.55 bits per heavy atom. The number of hydrogen-bond acceptors (Lipinski definition) is 2. The molecule has 0 aromatic heterocycles. The van der Waals surface area contributed by atoms with Gasteiger partial charge in [-0.2, -0.15) is 12.6 Å². The Balaban J connectivity index is 2.39. The van der Waals surface area contributed by atoms with Crippen molar-refractivity contribution in [3.63, 3.8) is 0 Å². The van der Waals surface area contributed by atoms with Crippen LogP contribution in [0.25, 0.3) is 0 Å². The molecule has 0 saturated carbocycles. The predicted molar refractivity (Wildman–Crippen MR) is 50.4 cm³/mol. The monoisotopic (exact) mass is 168 g/mol. The van der Waals surface area contributed by atoms with E-state index in [-0.39, 0.29) is 5.25 Å². The van der Waals surface area contributed by atoms with Gasteiger partial charge in [0.1, 0.15) is 5.75 Å². The van der Waals surface area contributed by atoms with Crippen molar-refractivity contribution in [1.82, 2.24) is 0 Å². The zero-order valence-electron chi connectivity index (χ0n) is 6.53. The van der Waals surface area contributed by atoms with Crippen LogP contribution in [-0.4, -0.2) is 11.9 Å². The third kappa shape index (κ3) is 3.33. The van der Waals surface area contributed by atoms with Gasteiger partial charge in [-0.05, 0) is 12.1 Å². The molecule has 0 saturated heterocycles. The van der Waals surface area contributed by atoms with Crippen molar-refractivity contribution in [2.75, 3.05) is 6.61 Å². The Morgan fingerprint density at radius 2 is 2.00 bits per heavy atom. The molecule has 0 spiro atoms. The highest BCUT2D eigenvalue weighted by molar-refractivity contribution is 7.80. The summed E-state index contributed by atoms with van der Waals surface area (Å²) < 4.78 is 5.39. The van der Waals surface area contributed by atoms with Crippen LogP contribution in [0.1, 0.15) is 6.92 Å². The zero-order valence-corrected chi connectivity index (χ0v) is 7.42. The highest BCUT2D eigenvalue weighted by Crippen LogP contribution is 2.09. The number of thiol groups is 1. The van der Waals surface area contributed by atoms with E-state index >= 15 is 0 Å². The molecule has 0 heterocycles. The first-order valence-corrected chi connectivity index (χ1v) is 4.16. The maximum Gasteiger partial charge on any atom is 0.119 e. The molecule has 0 radical (unpaired) electrons. The minimum atomic E-state index is 0.287. The quantitative estimate of drug-likeness (QED) is 0.682. The van der Waals surface area contributed by atoms with Crippen molar-refractivity contribution < 1.29 is 4.74 Å². The second-order valence-corrected chi connectivity index (χ2v) is 3.35. The second kappa shape index (κ2) is 4.29. The fourth-order valence-electron chi connectivity index (χ4n) is 0.734. The topological polar surface area (TPSA) is 9.23 Å². The van der Waals surface area contributed by atoms with Crippen LogP contribution in [0.4, 0.5) is 0 Å². The Labute approximate surface area is 72.8 Å². The third-order valence-electron chi connectivity index (χ3n) is 1.23. The maximum atomic E-state index is 5.39. The highest BCUT2D eigenvalue weighted by Gasteiger charge is 1.94. The molecule has 0 fully saturated rings. The van der Waals surface area contributed by atoms with Crippen LogP contribution in [-0.2, 0) is 0 Å². The van der Waals surface area contributed by atoms with E-state index in [1.54, 1.807) is 0 Å². The van der Waals surface area contributed by atoms with E-state index in [2.05, 4.69) is 12.6 Å². The summed E-state index contributed by atoms with van der Waals surface area (Å²) in [5.41, 5.74) is 0. The van der Waals surface area contributed by atoms with Crippen LogP contribution in [0.5, 0.6) is 5.75 Å². The Hall–Kier alpha value is -0.630. The van der Waals surface area contributed by atoms with Gasteiger partial charge in [0.05, 0.1) is 6.61 Å². The van der Waals surface area contributed by atoms with Gasteiger partial charge in [-0.3, -0.25) is 0 Å². The largest absolute Gasteiger partial charge is 0.492 e. The lowest BCUT2D eigenvalue weighted by Crippen LogP contribution is -2.06. The van der Waals surface area contributed by atoms with Gasteiger partial charge in [0.15, 0.2) is 0 Å². The minimum absolute atomic E-state index is 0.287. The summed E-state index contributed by atoms with van der Waals surface area (Å²) >= 11 is 4.20. The van der Waals surface area contributed by atoms with Gasteiger partial charge < -0.3 is 4.74 Å². The highest BCUT2D eigenvalue weighted by atomic mass is 32.1. The molecule has 1 nitrogen and oxygen atoms in total. The summed E-state index contributed by atoms with van der Waals surface area (Å²) in [6.45, 7) is 2.67. The number of benzene rings is 1. The maximum absolute atomic E-state index is 5.39. The van der Waals surface area contributed by atoms with Gasteiger partial charge in [0.2, 0.25) is 0 Å². The van der Waals surface area contributed by atoms with Crippen molar-refractivity contribution in [2.45, 2.75) is 12.2 Å². The van der Waals surface area contributed by atoms with E-state index in [0.29, 0.717) is 6.61 Å². The molecular formula is C9H12OS. The van der Waals surface area contributed by atoms with Crippen LogP contribution in [0, 0.1) is 0 Å². The molecule has 1 aromatic carbocycles. The summed E-state index contributed by atoms with van der Waals surface area (Å²) in [5.74, 6) is 0.911. The van der Waals surface area contributed by atoms with Gasteiger partial charge in [-0.1, -0.05) is 25.1 Å². The predicted octanol–water partition coefficient (Wildman–Crippen LogP) is 2.38. The molecule has 1 aromatic rings. The molecule has 0 N–H and O–H groups in total. The molecule has 1 atom stereocenters. The second-order valence-electron chi connectivity index (χ2n) is 2.47. The van der Waals surface area contributed by atoms with Crippen LogP contribution in [0.3, 0.4) is 0 Å². The molecule has 0 aliphatic rings. The Kier molecular flexibility index (Phi) is 3.30. The number of para-hydroxylation sites is 1. The fourth-order valence-corrected chi connectivity index (χ4v) is 0.808. The molecule has 60 valence electrons. The zero-order chi connectivity index (χ0) is 8.10. The number of rotatable bonds is 3. The van der Waals surface area contributed by atoms with Gasteiger partial charge in [0.25, 0.3) is 0 Å². The Morgan fingerprint density at radius 1 is 1.36 bits per heavy atom. The molecule has 0 aliphatic carbocycles. The van der Waals surface area contributed by atoms with Gasteiger partial charge in [-0.15, -0.1) is 0 Å². The molecule has 1 rings (SSSR count). The normalized spacial score (nSPS) is 12.5. The van der Waals surface area contributed by atoms with Crippen molar-refractivity contribution in [2.24, 2.45) is 0 Å². The van der Waals surface area contributed by atoms with Gasteiger partial charge >= 0.3 is 0 Å². The average Bonchev–Trinajstić information content (AvgIpc) is 2.03. The smallest absolute Gasteiger partial charge is 0.119 e. The van der Waals surface area contributed by atoms with E-state index in [0.717, 1.165) is 5.75 Å². The summed E-state index contributed by atoms with van der Waals surface area (Å²) in [4.78, 5) is 0. The fraction of sp³-hybridized carbons (Fsp3) is 0.333. The van der Waals surface area contributed by atoms with E-state index in [4.69, 9.17) is 4.74 Å². The minimum Gasteiger partial charge on any atom is -0.492 e. The molecule has 0 aliphatic heterocycles. The molecule has 11 heavy (non-hydrogen) atoms. The standard InChI is InChI=1S/C9H12OS/c1-8(11)7-10-9-5-3-2-4-6-9/h2-6,8,11H,7H2,1H3. The first-order chi connectivity index (χ1) is 5.29. The van der Waals surface area contributed by atoms with E-state index < -0.39 is 0 Å². The Bertz CT molecular complexity index is 196. The molecule has 0 bridgehead atoms. The van der Waals surface area contributed by atoms with Gasteiger partial charge in [0, 0.05) is 5.25 Å². The summed E-state index contributed by atoms with van der Waals surface area (Å²) in [6, 6.07) is 9.76. The molecule has 1 unspecified atom stereocenters. The van der Waals surface area contributed by atoms with Crippen LogP contribution < -0.4 is 4.74 Å². The van der Waals surface area contributed by atoms with E-state index in [1.165, 1.54) is 0 Å². The van der Waals surface area contributed by atoms with Crippen LogP contribution in [0.15, 0.2) is 30.3 Å². The van der Waals surface area contributed by atoms with E-state index in [9.17, 15) is 0 Å². The first kappa shape index (κ1) is 8.47.